The fourth-order valence-corrected chi connectivity index (χ4v) is 5.92. The van der Waals surface area contributed by atoms with Gasteiger partial charge in [-0.05, 0) is 87.4 Å². The second-order valence-corrected chi connectivity index (χ2v) is 8.01. The minimum Gasteiger partial charge on any atom is -0.273 e. The standard InChI is InChI=1S/C17H26N2O/c20-16(19-18-15-3-1-2-4-15)11-17-8-12-5-13(9-17)7-14(6-12)10-17/h12-14H,1-11H2,(H,19,20). The highest BCUT2D eigenvalue weighted by molar-refractivity contribution is 5.87. The van der Waals surface area contributed by atoms with Crippen molar-refractivity contribution in [1.29, 1.82) is 0 Å². The zero-order valence-electron chi connectivity index (χ0n) is 12.4. The Morgan fingerprint density at radius 3 is 2.15 bits per heavy atom. The van der Waals surface area contributed by atoms with Crippen LogP contribution in [0.25, 0.3) is 0 Å². The summed E-state index contributed by atoms with van der Waals surface area (Å²) in [4.78, 5) is 12.3. The smallest absolute Gasteiger partial charge is 0.240 e. The Kier molecular flexibility index (Phi) is 3.12. The number of rotatable bonds is 3. The first-order valence-corrected chi connectivity index (χ1v) is 8.55. The Morgan fingerprint density at radius 1 is 1.05 bits per heavy atom. The highest BCUT2D eigenvalue weighted by Crippen LogP contribution is 2.61. The van der Waals surface area contributed by atoms with Gasteiger partial charge >= 0.3 is 0 Å². The molecular formula is C17H26N2O. The Morgan fingerprint density at radius 2 is 1.60 bits per heavy atom. The number of nitrogens with one attached hydrogen (secondary N) is 1. The number of hydrogen-bond donors (Lipinski definition) is 1. The molecule has 3 nitrogen and oxygen atoms in total. The predicted molar refractivity (Wildman–Crippen MR) is 79.3 cm³/mol. The topological polar surface area (TPSA) is 41.5 Å². The molecule has 0 aromatic carbocycles. The summed E-state index contributed by atoms with van der Waals surface area (Å²) in [6, 6.07) is 0. The third-order valence-electron chi connectivity index (χ3n) is 6.22. The monoisotopic (exact) mass is 274 g/mol. The Bertz CT molecular complexity index is 397. The minimum absolute atomic E-state index is 0.173. The van der Waals surface area contributed by atoms with Gasteiger partial charge in [0.15, 0.2) is 0 Å². The van der Waals surface area contributed by atoms with E-state index < -0.39 is 0 Å². The van der Waals surface area contributed by atoms with E-state index in [2.05, 4.69) is 10.5 Å². The van der Waals surface area contributed by atoms with Gasteiger partial charge in [-0.2, -0.15) is 5.10 Å². The average Bonchev–Trinajstić information content (AvgIpc) is 2.87. The quantitative estimate of drug-likeness (QED) is 0.784. The molecule has 0 unspecified atom stereocenters. The van der Waals surface area contributed by atoms with Crippen molar-refractivity contribution < 1.29 is 4.79 Å². The summed E-state index contributed by atoms with van der Waals surface area (Å²) in [7, 11) is 0. The summed E-state index contributed by atoms with van der Waals surface area (Å²) in [5, 5.41) is 4.34. The maximum atomic E-state index is 12.3. The molecule has 0 aliphatic heterocycles. The van der Waals surface area contributed by atoms with E-state index in [1.807, 2.05) is 0 Å². The lowest BCUT2D eigenvalue weighted by Gasteiger charge is -2.56. The number of hydrogen-bond acceptors (Lipinski definition) is 2. The number of carbonyl (C=O) groups is 1. The lowest BCUT2D eigenvalue weighted by atomic mass is 9.49. The second kappa shape index (κ2) is 4.85. The first-order chi connectivity index (χ1) is 9.71. The molecule has 5 aliphatic rings. The van der Waals surface area contributed by atoms with Crippen LogP contribution in [-0.4, -0.2) is 11.6 Å². The minimum atomic E-state index is 0.173. The SMILES string of the molecule is O=C(CC12CC3CC(CC(C3)C1)C2)NN=C1CCCC1. The van der Waals surface area contributed by atoms with Crippen molar-refractivity contribution in [2.45, 2.75) is 70.6 Å². The molecule has 5 aliphatic carbocycles. The van der Waals surface area contributed by atoms with E-state index in [0.717, 1.165) is 37.0 Å². The van der Waals surface area contributed by atoms with Gasteiger partial charge in [-0.1, -0.05) is 0 Å². The summed E-state index contributed by atoms with van der Waals surface area (Å²) in [6.07, 6.45) is 13.6. The van der Waals surface area contributed by atoms with Gasteiger partial charge in [0.05, 0.1) is 0 Å². The number of nitrogens with zero attached hydrogens (tertiary/aromatic N) is 1. The van der Waals surface area contributed by atoms with Gasteiger partial charge in [0.25, 0.3) is 0 Å². The van der Waals surface area contributed by atoms with Gasteiger partial charge in [-0.3, -0.25) is 4.79 Å². The van der Waals surface area contributed by atoms with Crippen molar-refractivity contribution in [3.63, 3.8) is 0 Å². The van der Waals surface area contributed by atoms with Crippen LogP contribution in [0.2, 0.25) is 0 Å². The maximum absolute atomic E-state index is 12.3. The van der Waals surface area contributed by atoms with E-state index in [1.54, 1.807) is 0 Å². The Balaban J connectivity index is 1.38. The van der Waals surface area contributed by atoms with Gasteiger partial charge < -0.3 is 0 Å². The molecule has 20 heavy (non-hydrogen) atoms. The molecule has 0 aromatic rings. The van der Waals surface area contributed by atoms with Crippen molar-refractivity contribution in [3.05, 3.63) is 0 Å². The predicted octanol–water partition coefficient (Wildman–Crippen LogP) is 3.64. The molecule has 4 bridgehead atoms. The van der Waals surface area contributed by atoms with Gasteiger partial charge in [0.1, 0.15) is 0 Å². The molecule has 0 atom stereocenters. The fraction of sp³-hybridized carbons (Fsp3) is 0.882. The molecule has 0 spiro atoms. The number of hydrazone groups is 1. The highest BCUT2D eigenvalue weighted by atomic mass is 16.2. The van der Waals surface area contributed by atoms with Gasteiger partial charge in [-0.25, -0.2) is 5.43 Å². The molecule has 0 aromatic heterocycles. The zero-order chi connectivity index (χ0) is 13.6. The highest BCUT2D eigenvalue weighted by Gasteiger charge is 2.51. The van der Waals surface area contributed by atoms with E-state index in [0.29, 0.717) is 5.41 Å². The molecule has 5 fully saturated rings. The van der Waals surface area contributed by atoms with Gasteiger partial charge in [-0.15, -0.1) is 0 Å². The molecule has 0 saturated heterocycles. The molecule has 0 heterocycles. The van der Waals surface area contributed by atoms with E-state index in [1.165, 1.54) is 57.1 Å². The van der Waals surface area contributed by atoms with Crippen LogP contribution < -0.4 is 5.43 Å². The summed E-state index contributed by atoms with van der Waals surface area (Å²) in [6.45, 7) is 0. The summed E-state index contributed by atoms with van der Waals surface area (Å²) >= 11 is 0. The second-order valence-electron chi connectivity index (χ2n) is 8.01. The van der Waals surface area contributed by atoms with Crippen LogP contribution in [0.4, 0.5) is 0 Å². The van der Waals surface area contributed by atoms with Crippen LogP contribution in [0.1, 0.15) is 70.6 Å². The molecule has 5 rings (SSSR count). The molecular weight excluding hydrogens is 248 g/mol. The summed E-state index contributed by atoms with van der Waals surface area (Å²) in [5.41, 5.74) is 4.39. The van der Waals surface area contributed by atoms with Crippen molar-refractivity contribution in [3.8, 4) is 0 Å². The first-order valence-electron chi connectivity index (χ1n) is 8.55. The Hall–Kier alpha value is -0.860. The van der Waals surface area contributed by atoms with E-state index in [9.17, 15) is 4.79 Å². The van der Waals surface area contributed by atoms with Gasteiger partial charge in [0, 0.05) is 12.1 Å². The summed E-state index contributed by atoms with van der Waals surface area (Å²) < 4.78 is 0. The number of carbonyl (C=O) groups excluding carboxylic acids is 1. The van der Waals surface area contributed by atoms with Crippen molar-refractivity contribution in [1.82, 2.24) is 5.43 Å². The largest absolute Gasteiger partial charge is 0.273 e. The van der Waals surface area contributed by atoms with Crippen LogP contribution in [-0.2, 0) is 4.79 Å². The molecule has 1 amide bonds. The third kappa shape index (κ3) is 2.40. The molecule has 5 saturated carbocycles. The summed E-state index contributed by atoms with van der Waals surface area (Å²) in [5.74, 6) is 2.95. The first kappa shape index (κ1) is 12.8. The average molecular weight is 274 g/mol. The van der Waals surface area contributed by atoms with Crippen LogP contribution >= 0.6 is 0 Å². The van der Waals surface area contributed by atoms with Crippen LogP contribution in [0.5, 0.6) is 0 Å². The normalized spacial score (nSPS) is 42.0. The van der Waals surface area contributed by atoms with Crippen LogP contribution in [0.3, 0.4) is 0 Å². The van der Waals surface area contributed by atoms with Crippen LogP contribution in [0.15, 0.2) is 5.10 Å². The molecule has 1 N–H and O–H groups in total. The number of amides is 1. The van der Waals surface area contributed by atoms with Crippen molar-refractivity contribution in [2.75, 3.05) is 0 Å². The lowest BCUT2D eigenvalue weighted by molar-refractivity contribution is -0.129. The van der Waals surface area contributed by atoms with E-state index in [-0.39, 0.29) is 5.91 Å². The van der Waals surface area contributed by atoms with E-state index >= 15 is 0 Å². The fourth-order valence-electron chi connectivity index (χ4n) is 5.92. The molecule has 0 radical (unpaired) electrons. The zero-order valence-corrected chi connectivity index (χ0v) is 12.4. The maximum Gasteiger partial charge on any atom is 0.240 e. The van der Waals surface area contributed by atoms with E-state index in [4.69, 9.17) is 0 Å². The Labute approximate surface area is 121 Å². The lowest BCUT2D eigenvalue weighted by Crippen LogP contribution is -2.47. The van der Waals surface area contributed by atoms with Gasteiger partial charge in [0.2, 0.25) is 5.91 Å². The molecule has 3 heteroatoms. The molecule has 110 valence electrons. The van der Waals surface area contributed by atoms with Crippen molar-refractivity contribution in [2.24, 2.45) is 28.3 Å². The van der Waals surface area contributed by atoms with Crippen molar-refractivity contribution >= 4 is 11.6 Å². The third-order valence-corrected chi connectivity index (χ3v) is 6.22. The van der Waals surface area contributed by atoms with Crippen LogP contribution in [0, 0.1) is 23.2 Å².